The highest BCUT2D eigenvalue weighted by Gasteiger charge is 2.23. The number of ether oxygens (including phenoxy) is 1. The Balaban J connectivity index is 1.27. The van der Waals surface area contributed by atoms with E-state index in [2.05, 4.69) is 28.4 Å². The molecule has 3 aromatic rings. The number of nitrogens with zero attached hydrogens (tertiary/aromatic N) is 4. The number of aromatic nitrogens is 3. The van der Waals surface area contributed by atoms with Gasteiger partial charge >= 0.3 is 0 Å². The van der Waals surface area contributed by atoms with Gasteiger partial charge in [-0.1, -0.05) is 18.2 Å². The number of carbonyl (C=O) groups excluding carboxylic acids is 1. The van der Waals surface area contributed by atoms with Crippen molar-refractivity contribution in [2.45, 2.75) is 26.3 Å². The molecule has 1 amide bonds. The van der Waals surface area contributed by atoms with E-state index in [0.29, 0.717) is 24.9 Å². The number of piperidine rings is 1. The number of hydrogen-bond acceptors (Lipinski definition) is 4. The summed E-state index contributed by atoms with van der Waals surface area (Å²) in [5, 5.41) is 9.20. The molecule has 4 rings (SSSR count). The third-order valence-corrected chi connectivity index (χ3v) is 5.19. The summed E-state index contributed by atoms with van der Waals surface area (Å²) in [6.45, 7) is 4.49. The van der Waals surface area contributed by atoms with E-state index in [1.165, 1.54) is 5.39 Å². The first-order valence-corrected chi connectivity index (χ1v) is 9.44. The molecule has 0 spiro atoms. The van der Waals surface area contributed by atoms with Crippen LogP contribution in [0.25, 0.3) is 10.9 Å². The summed E-state index contributed by atoms with van der Waals surface area (Å²) in [4.78, 5) is 14.7. The van der Waals surface area contributed by atoms with Crippen LogP contribution in [0, 0.1) is 12.8 Å². The fourth-order valence-corrected chi connectivity index (χ4v) is 3.54. The molecule has 0 aliphatic carbocycles. The Morgan fingerprint density at radius 3 is 2.70 bits per heavy atom. The van der Waals surface area contributed by atoms with Crippen molar-refractivity contribution >= 4 is 16.8 Å². The topological polar surface area (TPSA) is 60.2 Å². The van der Waals surface area contributed by atoms with Gasteiger partial charge in [0.05, 0.1) is 12.3 Å². The summed E-state index contributed by atoms with van der Waals surface area (Å²) in [7, 11) is 0. The van der Waals surface area contributed by atoms with Gasteiger partial charge in [-0.2, -0.15) is 5.10 Å². The van der Waals surface area contributed by atoms with Crippen molar-refractivity contribution in [3.8, 4) is 5.88 Å². The van der Waals surface area contributed by atoms with Crippen molar-refractivity contribution in [1.82, 2.24) is 19.7 Å². The molecule has 1 fully saturated rings. The number of amides is 1. The maximum Gasteiger partial charge on any atom is 0.242 e. The van der Waals surface area contributed by atoms with Gasteiger partial charge in [-0.05, 0) is 49.3 Å². The minimum absolute atomic E-state index is 0.181. The van der Waals surface area contributed by atoms with Gasteiger partial charge in [0.15, 0.2) is 0 Å². The van der Waals surface area contributed by atoms with Crippen molar-refractivity contribution in [1.29, 1.82) is 0 Å². The molecule has 1 aromatic carbocycles. The first-order valence-electron chi connectivity index (χ1n) is 9.44. The van der Waals surface area contributed by atoms with E-state index >= 15 is 0 Å². The Hall–Kier alpha value is -2.89. The van der Waals surface area contributed by atoms with Crippen LogP contribution in [0.4, 0.5) is 0 Å². The van der Waals surface area contributed by atoms with E-state index in [1.54, 1.807) is 0 Å². The second-order valence-corrected chi connectivity index (χ2v) is 7.15. The molecule has 3 heterocycles. The number of carbonyl (C=O) groups is 1. The van der Waals surface area contributed by atoms with Crippen LogP contribution >= 0.6 is 0 Å². The molecule has 1 aliphatic rings. The van der Waals surface area contributed by atoms with Crippen LogP contribution in [0.15, 0.2) is 48.7 Å². The Kier molecular flexibility index (Phi) is 5.05. The zero-order chi connectivity index (χ0) is 18.6. The lowest BCUT2D eigenvalue weighted by molar-refractivity contribution is -0.133. The smallest absolute Gasteiger partial charge is 0.242 e. The van der Waals surface area contributed by atoms with Crippen molar-refractivity contribution in [2.75, 3.05) is 19.7 Å². The fourth-order valence-electron chi connectivity index (χ4n) is 3.54. The normalized spacial score (nSPS) is 15.2. The molecule has 0 bridgehead atoms. The lowest BCUT2D eigenvalue weighted by Gasteiger charge is -2.32. The van der Waals surface area contributed by atoms with Gasteiger partial charge in [0.2, 0.25) is 11.8 Å². The van der Waals surface area contributed by atoms with Crippen molar-refractivity contribution < 1.29 is 9.53 Å². The summed E-state index contributed by atoms with van der Waals surface area (Å²) >= 11 is 0. The van der Waals surface area contributed by atoms with Gasteiger partial charge in [-0.3, -0.25) is 4.79 Å². The molecule has 27 heavy (non-hydrogen) atoms. The minimum atomic E-state index is 0.181. The van der Waals surface area contributed by atoms with E-state index in [-0.39, 0.29) is 5.91 Å². The predicted molar refractivity (Wildman–Crippen MR) is 104 cm³/mol. The predicted octanol–water partition coefficient (Wildman–Crippen LogP) is 3.06. The SMILES string of the molecule is Cc1ccc(OCC2CCN(C(=O)Cn3ccc4ccccc43)CC2)nn1. The molecule has 1 saturated heterocycles. The fraction of sp³-hybridized carbons (Fsp3) is 0.381. The second-order valence-electron chi connectivity index (χ2n) is 7.15. The summed E-state index contributed by atoms with van der Waals surface area (Å²) in [6.07, 6.45) is 3.90. The van der Waals surface area contributed by atoms with E-state index in [4.69, 9.17) is 4.74 Å². The van der Waals surface area contributed by atoms with Crippen LogP contribution in [0.1, 0.15) is 18.5 Å². The molecule has 0 unspecified atom stereocenters. The molecule has 0 radical (unpaired) electrons. The largest absolute Gasteiger partial charge is 0.476 e. The maximum atomic E-state index is 12.7. The van der Waals surface area contributed by atoms with Crippen molar-refractivity contribution in [3.63, 3.8) is 0 Å². The van der Waals surface area contributed by atoms with Gasteiger partial charge in [0.25, 0.3) is 0 Å². The molecule has 2 aromatic heterocycles. The van der Waals surface area contributed by atoms with Crippen LogP contribution < -0.4 is 4.74 Å². The monoisotopic (exact) mass is 364 g/mol. The average molecular weight is 364 g/mol. The molecular weight excluding hydrogens is 340 g/mol. The van der Waals surface area contributed by atoms with E-state index in [0.717, 1.165) is 37.1 Å². The summed E-state index contributed by atoms with van der Waals surface area (Å²) in [5.74, 6) is 1.20. The third-order valence-electron chi connectivity index (χ3n) is 5.19. The van der Waals surface area contributed by atoms with Crippen LogP contribution in [0.5, 0.6) is 5.88 Å². The number of hydrogen-bond donors (Lipinski definition) is 0. The zero-order valence-electron chi connectivity index (χ0n) is 15.5. The van der Waals surface area contributed by atoms with Crippen LogP contribution in [0.3, 0.4) is 0 Å². The van der Waals surface area contributed by atoms with Gasteiger partial charge in [0, 0.05) is 30.9 Å². The number of likely N-dealkylation sites (tertiary alicyclic amines) is 1. The van der Waals surface area contributed by atoms with Crippen LogP contribution in [-0.4, -0.2) is 45.3 Å². The first kappa shape index (κ1) is 17.5. The van der Waals surface area contributed by atoms with Gasteiger partial charge in [-0.15, -0.1) is 5.10 Å². The molecule has 0 atom stereocenters. The summed E-state index contributed by atoms with van der Waals surface area (Å²) in [6, 6.07) is 14.0. The van der Waals surface area contributed by atoms with Crippen LogP contribution in [-0.2, 0) is 11.3 Å². The standard InChI is InChI=1S/C21H24N4O2/c1-16-6-7-20(23-22-16)27-15-17-8-11-24(12-9-17)21(26)14-25-13-10-18-4-2-3-5-19(18)25/h2-7,10,13,17H,8-9,11-12,14-15H2,1H3. The number of fused-ring (bicyclic) bond motifs is 1. The molecule has 0 saturated carbocycles. The Morgan fingerprint density at radius 2 is 1.93 bits per heavy atom. The lowest BCUT2D eigenvalue weighted by Crippen LogP contribution is -2.41. The highest BCUT2D eigenvalue weighted by atomic mass is 16.5. The number of rotatable bonds is 5. The first-order chi connectivity index (χ1) is 13.2. The number of para-hydroxylation sites is 1. The maximum absolute atomic E-state index is 12.7. The van der Waals surface area contributed by atoms with E-state index in [1.807, 2.05) is 46.9 Å². The Morgan fingerprint density at radius 1 is 1.11 bits per heavy atom. The molecule has 6 nitrogen and oxygen atoms in total. The second kappa shape index (κ2) is 7.78. The summed E-state index contributed by atoms with van der Waals surface area (Å²) < 4.78 is 7.78. The molecule has 1 aliphatic heterocycles. The molecule has 140 valence electrons. The van der Waals surface area contributed by atoms with Crippen molar-refractivity contribution in [3.05, 3.63) is 54.4 Å². The van der Waals surface area contributed by atoms with E-state index in [9.17, 15) is 4.79 Å². The highest BCUT2D eigenvalue weighted by Crippen LogP contribution is 2.20. The minimum Gasteiger partial charge on any atom is -0.476 e. The van der Waals surface area contributed by atoms with Gasteiger partial charge in [-0.25, -0.2) is 0 Å². The quantitative estimate of drug-likeness (QED) is 0.698. The number of benzene rings is 1. The van der Waals surface area contributed by atoms with Gasteiger partial charge < -0.3 is 14.2 Å². The lowest BCUT2D eigenvalue weighted by atomic mass is 9.98. The van der Waals surface area contributed by atoms with Crippen molar-refractivity contribution in [2.24, 2.45) is 5.92 Å². The third kappa shape index (κ3) is 4.10. The zero-order valence-corrected chi connectivity index (χ0v) is 15.5. The van der Waals surface area contributed by atoms with E-state index < -0.39 is 0 Å². The Bertz CT molecular complexity index is 911. The average Bonchev–Trinajstić information content (AvgIpc) is 3.11. The number of aryl methyl sites for hydroxylation is 1. The molecular formula is C21H24N4O2. The summed E-state index contributed by atoms with van der Waals surface area (Å²) in [5.41, 5.74) is 1.98. The molecule has 0 N–H and O–H groups in total. The highest BCUT2D eigenvalue weighted by molar-refractivity contribution is 5.83. The van der Waals surface area contributed by atoms with Crippen LogP contribution in [0.2, 0.25) is 0 Å². The Labute approximate surface area is 158 Å². The molecule has 6 heteroatoms. The van der Waals surface area contributed by atoms with Gasteiger partial charge in [0.1, 0.15) is 6.54 Å².